The SMILES string of the molecule is CCCOc1ccc(C=C(C#N)C(=O)Nc2sc(C)c(-c3ccccc3)c2C(=O)OCC)cc1. The minimum Gasteiger partial charge on any atom is -0.494 e. The van der Waals surface area contributed by atoms with E-state index in [1.165, 1.54) is 17.4 Å². The van der Waals surface area contributed by atoms with Gasteiger partial charge in [-0.3, -0.25) is 4.79 Å². The summed E-state index contributed by atoms with van der Waals surface area (Å²) in [6.45, 7) is 6.47. The largest absolute Gasteiger partial charge is 0.494 e. The number of benzene rings is 2. The molecule has 0 saturated carbocycles. The zero-order valence-electron chi connectivity index (χ0n) is 19.4. The van der Waals surface area contributed by atoms with Gasteiger partial charge >= 0.3 is 5.97 Å². The number of anilines is 1. The molecule has 1 heterocycles. The Morgan fingerprint density at radius 2 is 1.79 bits per heavy atom. The highest BCUT2D eigenvalue weighted by Crippen LogP contribution is 2.40. The number of aryl methyl sites for hydroxylation is 1. The number of rotatable bonds is 9. The monoisotopic (exact) mass is 474 g/mol. The number of carbonyl (C=O) groups is 2. The van der Waals surface area contributed by atoms with Crippen LogP contribution in [0.4, 0.5) is 5.00 Å². The molecule has 0 spiro atoms. The van der Waals surface area contributed by atoms with Gasteiger partial charge in [0.1, 0.15) is 28.0 Å². The van der Waals surface area contributed by atoms with Crippen molar-refractivity contribution in [3.63, 3.8) is 0 Å². The van der Waals surface area contributed by atoms with Crippen LogP contribution in [0.2, 0.25) is 0 Å². The first-order valence-corrected chi connectivity index (χ1v) is 11.8. The molecule has 3 aromatic rings. The molecule has 0 aliphatic rings. The summed E-state index contributed by atoms with van der Waals surface area (Å²) in [6, 6.07) is 18.6. The summed E-state index contributed by atoms with van der Waals surface area (Å²) in [4.78, 5) is 26.7. The predicted molar refractivity (Wildman–Crippen MR) is 135 cm³/mol. The van der Waals surface area contributed by atoms with E-state index in [0.717, 1.165) is 22.6 Å². The number of nitrogens with one attached hydrogen (secondary N) is 1. The van der Waals surface area contributed by atoms with Crippen LogP contribution in [-0.2, 0) is 9.53 Å². The molecule has 2 aromatic carbocycles. The molecule has 7 heteroatoms. The highest BCUT2D eigenvalue weighted by molar-refractivity contribution is 7.17. The fourth-order valence-corrected chi connectivity index (χ4v) is 4.41. The van der Waals surface area contributed by atoms with Crippen LogP contribution in [0.5, 0.6) is 5.75 Å². The number of esters is 1. The molecule has 6 nitrogen and oxygen atoms in total. The molecule has 174 valence electrons. The Labute approximate surface area is 203 Å². The van der Waals surface area contributed by atoms with Gasteiger partial charge in [-0.25, -0.2) is 4.79 Å². The third kappa shape index (κ3) is 5.91. The molecule has 1 aromatic heterocycles. The Bertz CT molecular complexity index is 1220. The lowest BCUT2D eigenvalue weighted by atomic mass is 10.0. The van der Waals surface area contributed by atoms with E-state index in [9.17, 15) is 14.9 Å². The maximum absolute atomic E-state index is 13.0. The smallest absolute Gasteiger partial charge is 0.341 e. The summed E-state index contributed by atoms with van der Waals surface area (Å²) >= 11 is 1.28. The molecule has 1 N–H and O–H groups in total. The summed E-state index contributed by atoms with van der Waals surface area (Å²) in [5.74, 6) is -0.394. The lowest BCUT2D eigenvalue weighted by Gasteiger charge is -2.09. The van der Waals surface area contributed by atoms with Gasteiger partial charge in [0.2, 0.25) is 0 Å². The first-order chi connectivity index (χ1) is 16.5. The van der Waals surface area contributed by atoms with Gasteiger partial charge in [-0.15, -0.1) is 11.3 Å². The first-order valence-electron chi connectivity index (χ1n) is 11.0. The van der Waals surface area contributed by atoms with Crippen LogP contribution >= 0.6 is 11.3 Å². The van der Waals surface area contributed by atoms with Gasteiger partial charge in [0.25, 0.3) is 5.91 Å². The molecule has 0 saturated heterocycles. The molecule has 0 unspecified atom stereocenters. The normalized spacial score (nSPS) is 10.9. The third-order valence-electron chi connectivity index (χ3n) is 4.88. The number of nitriles is 1. The quantitative estimate of drug-likeness (QED) is 0.225. The Kier molecular flexibility index (Phi) is 8.60. The van der Waals surface area contributed by atoms with Crippen LogP contribution in [0, 0.1) is 18.3 Å². The van der Waals surface area contributed by atoms with Crippen molar-refractivity contribution in [1.82, 2.24) is 0 Å². The van der Waals surface area contributed by atoms with Gasteiger partial charge in [-0.2, -0.15) is 5.26 Å². The average molecular weight is 475 g/mol. The van der Waals surface area contributed by atoms with Crippen molar-refractivity contribution < 1.29 is 19.1 Å². The summed E-state index contributed by atoms with van der Waals surface area (Å²) in [5.41, 5.74) is 2.46. The zero-order chi connectivity index (χ0) is 24.5. The second-order valence-corrected chi connectivity index (χ2v) is 8.59. The lowest BCUT2D eigenvalue weighted by Crippen LogP contribution is -2.16. The van der Waals surface area contributed by atoms with E-state index in [1.807, 2.05) is 50.2 Å². The van der Waals surface area contributed by atoms with Crippen molar-refractivity contribution in [2.24, 2.45) is 0 Å². The molecular weight excluding hydrogens is 448 g/mol. The minimum atomic E-state index is -0.597. The van der Waals surface area contributed by atoms with E-state index in [0.29, 0.717) is 28.3 Å². The number of nitrogens with zero attached hydrogens (tertiary/aromatic N) is 1. The van der Waals surface area contributed by atoms with E-state index < -0.39 is 11.9 Å². The fraction of sp³-hybridized carbons (Fsp3) is 0.222. The van der Waals surface area contributed by atoms with Crippen LogP contribution in [0.15, 0.2) is 60.2 Å². The second kappa shape index (κ2) is 11.8. The van der Waals surface area contributed by atoms with Crippen molar-refractivity contribution in [1.29, 1.82) is 5.26 Å². The Morgan fingerprint density at radius 1 is 1.09 bits per heavy atom. The zero-order valence-corrected chi connectivity index (χ0v) is 20.2. The van der Waals surface area contributed by atoms with Gasteiger partial charge in [0.05, 0.1) is 13.2 Å². The maximum Gasteiger partial charge on any atom is 0.341 e. The number of hydrogen-bond donors (Lipinski definition) is 1. The fourth-order valence-electron chi connectivity index (χ4n) is 3.35. The Morgan fingerprint density at radius 3 is 2.41 bits per heavy atom. The van der Waals surface area contributed by atoms with E-state index in [-0.39, 0.29) is 12.2 Å². The molecule has 0 atom stereocenters. The van der Waals surface area contributed by atoms with E-state index >= 15 is 0 Å². The summed E-state index contributed by atoms with van der Waals surface area (Å²) in [7, 11) is 0. The first kappa shape index (κ1) is 24.7. The average Bonchev–Trinajstić information content (AvgIpc) is 3.17. The molecule has 3 rings (SSSR count). The minimum absolute atomic E-state index is 0.0793. The van der Waals surface area contributed by atoms with Gasteiger partial charge in [0, 0.05) is 10.4 Å². The van der Waals surface area contributed by atoms with Crippen molar-refractivity contribution in [2.75, 3.05) is 18.5 Å². The highest BCUT2D eigenvalue weighted by Gasteiger charge is 2.26. The van der Waals surface area contributed by atoms with Crippen molar-refractivity contribution >= 4 is 34.3 Å². The van der Waals surface area contributed by atoms with Gasteiger partial charge in [-0.1, -0.05) is 49.4 Å². The predicted octanol–water partition coefficient (Wildman–Crippen LogP) is 6.23. The maximum atomic E-state index is 13.0. The Balaban J connectivity index is 1.91. The molecule has 0 bridgehead atoms. The molecule has 34 heavy (non-hydrogen) atoms. The highest BCUT2D eigenvalue weighted by atomic mass is 32.1. The Hall–Kier alpha value is -3.89. The standard InChI is InChI=1S/C27H26N2O4S/c1-4-15-33-22-13-11-19(12-14-22)16-21(17-28)25(30)29-26-24(27(31)32-5-2)23(18(3)34-26)20-9-7-6-8-10-20/h6-14,16H,4-5,15H2,1-3H3,(H,29,30). The molecule has 0 fully saturated rings. The van der Waals surface area contributed by atoms with Crippen LogP contribution in [0.3, 0.4) is 0 Å². The number of amides is 1. The molecule has 1 amide bonds. The van der Waals surface area contributed by atoms with Crippen molar-refractivity contribution in [3.05, 3.63) is 76.2 Å². The topological polar surface area (TPSA) is 88.4 Å². The number of hydrogen-bond acceptors (Lipinski definition) is 6. The van der Waals surface area contributed by atoms with Crippen LogP contribution in [0.1, 0.15) is 41.1 Å². The van der Waals surface area contributed by atoms with Crippen LogP contribution in [-0.4, -0.2) is 25.1 Å². The van der Waals surface area contributed by atoms with Crippen LogP contribution < -0.4 is 10.1 Å². The molecule has 0 aliphatic carbocycles. The van der Waals surface area contributed by atoms with Gasteiger partial charge in [-0.05, 0) is 49.6 Å². The third-order valence-corrected chi connectivity index (χ3v) is 5.90. The van der Waals surface area contributed by atoms with E-state index in [1.54, 1.807) is 31.2 Å². The second-order valence-electron chi connectivity index (χ2n) is 7.37. The molecule has 0 radical (unpaired) electrons. The number of ether oxygens (including phenoxy) is 2. The lowest BCUT2D eigenvalue weighted by molar-refractivity contribution is -0.112. The summed E-state index contributed by atoms with van der Waals surface area (Å²) in [5, 5.41) is 12.7. The van der Waals surface area contributed by atoms with Gasteiger partial charge in [0.15, 0.2) is 0 Å². The van der Waals surface area contributed by atoms with Gasteiger partial charge < -0.3 is 14.8 Å². The molecular formula is C27H26N2O4S. The number of thiophene rings is 1. The molecule has 0 aliphatic heterocycles. The number of carbonyl (C=O) groups excluding carboxylic acids is 2. The van der Waals surface area contributed by atoms with Crippen molar-refractivity contribution in [2.45, 2.75) is 27.2 Å². The van der Waals surface area contributed by atoms with Crippen LogP contribution in [0.25, 0.3) is 17.2 Å². The summed E-state index contributed by atoms with van der Waals surface area (Å²) in [6.07, 6.45) is 2.41. The summed E-state index contributed by atoms with van der Waals surface area (Å²) < 4.78 is 10.8. The van der Waals surface area contributed by atoms with E-state index in [2.05, 4.69) is 5.32 Å². The van der Waals surface area contributed by atoms with E-state index in [4.69, 9.17) is 9.47 Å². The van der Waals surface area contributed by atoms with Crippen molar-refractivity contribution in [3.8, 4) is 22.9 Å².